The van der Waals surface area contributed by atoms with Crippen LogP contribution < -0.4 is 5.32 Å². The number of aromatic amines is 1. The van der Waals surface area contributed by atoms with Gasteiger partial charge in [-0.1, -0.05) is 18.2 Å². The first-order chi connectivity index (χ1) is 10.6. The Morgan fingerprint density at radius 1 is 1.23 bits per heavy atom. The summed E-state index contributed by atoms with van der Waals surface area (Å²) in [5, 5.41) is 13.7. The topological polar surface area (TPSA) is 68.4 Å². The van der Waals surface area contributed by atoms with Crippen molar-refractivity contribution in [1.29, 1.82) is 0 Å². The molecule has 0 radical (unpaired) electrons. The Morgan fingerprint density at radius 2 is 2.05 bits per heavy atom. The van der Waals surface area contributed by atoms with Crippen molar-refractivity contribution in [2.45, 2.75) is 6.54 Å². The molecule has 5 heteroatoms. The zero-order valence-electron chi connectivity index (χ0n) is 12.2. The van der Waals surface area contributed by atoms with Crippen LogP contribution in [0, 0.1) is 0 Å². The first kappa shape index (κ1) is 14.0. The van der Waals surface area contributed by atoms with Crippen molar-refractivity contribution in [2.24, 2.45) is 0 Å². The van der Waals surface area contributed by atoms with Gasteiger partial charge in [0.25, 0.3) is 0 Å². The van der Waals surface area contributed by atoms with Crippen LogP contribution in [-0.4, -0.2) is 28.1 Å². The van der Waals surface area contributed by atoms with Crippen LogP contribution in [0.4, 0.5) is 10.5 Å². The lowest BCUT2D eigenvalue weighted by atomic mass is 10.2. The molecule has 0 fully saturated rings. The molecule has 2 aromatic carbocycles. The smallest absolute Gasteiger partial charge is 0.321 e. The predicted octanol–water partition coefficient (Wildman–Crippen LogP) is 3.54. The summed E-state index contributed by atoms with van der Waals surface area (Å²) in [6.45, 7) is 0.338. The van der Waals surface area contributed by atoms with Crippen LogP contribution in [0.3, 0.4) is 0 Å². The van der Waals surface area contributed by atoms with Crippen LogP contribution in [0.1, 0.15) is 5.56 Å². The third-order valence-electron chi connectivity index (χ3n) is 3.55. The number of urea groups is 1. The molecule has 22 heavy (non-hydrogen) atoms. The second-order valence-corrected chi connectivity index (χ2v) is 5.19. The van der Waals surface area contributed by atoms with Gasteiger partial charge in [0.2, 0.25) is 0 Å². The number of phenols is 1. The molecule has 112 valence electrons. The number of para-hydroxylation sites is 1. The fourth-order valence-electron chi connectivity index (χ4n) is 2.32. The van der Waals surface area contributed by atoms with Gasteiger partial charge in [-0.15, -0.1) is 0 Å². The van der Waals surface area contributed by atoms with Crippen molar-refractivity contribution in [3.05, 3.63) is 60.3 Å². The fourth-order valence-corrected chi connectivity index (χ4v) is 2.32. The lowest BCUT2D eigenvalue weighted by Crippen LogP contribution is -2.30. The summed E-state index contributed by atoms with van der Waals surface area (Å²) < 4.78 is 0. The Balaban J connectivity index is 1.69. The molecule has 0 aliphatic carbocycles. The number of nitrogens with one attached hydrogen (secondary N) is 2. The number of aromatic nitrogens is 1. The number of fused-ring (bicyclic) bond motifs is 1. The van der Waals surface area contributed by atoms with Gasteiger partial charge < -0.3 is 20.3 Å². The minimum Gasteiger partial charge on any atom is -0.508 e. The van der Waals surface area contributed by atoms with Crippen LogP contribution in [0.25, 0.3) is 10.9 Å². The van der Waals surface area contributed by atoms with Crippen molar-refractivity contribution in [3.8, 4) is 5.75 Å². The summed E-state index contributed by atoms with van der Waals surface area (Å²) in [5.74, 6) is 0.191. The maximum atomic E-state index is 12.2. The lowest BCUT2D eigenvalue weighted by molar-refractivity contribution is 0.220. The molecule has 0 aliphatic heterocycles. The van der Waals surface area contributed by atoms with Crippen LogP contribution in [-0.2, 0) is 6.54 Å². The van der Waals surface area contributed by atoms with E-state index in [-0.39, 0.29) is 11.8 Å². The number of aromatic hydroxyl groups is 1. The number of rotatable bonds is 3. The molecule has 2 amide bonds. The number of anilines is 1. The fraction of sp³-hybridized carbons (Fsp3) is 0.118. The Bertz CT molecular complexity index is 810. The molecule has 3 rings (SSSR count). The Kier molecular flexibility index (Phi) is 3.70. The molecule has 1 heterocycles. The molecule has 0 saturated heterocycles. The summed E-state index contributed by atoms with van der Waals surface area (Å²) in [5.41, 5.74) is 2.48. The van der Waals surface area contributed by atoms with E-state index in [1.54, 1.807) is 25.2 Å². The third kappa shape index (κ3) is 2.88. The van der Waals surface area contributed by atoms with Gasteiger partial charge in [0.15, 0.2) is 0 Å². The normalized spacial score (nSPS) is 10.6. The number of carbonyl (C=O) groups is 1. The number of hydrogen-bond donors (Lipinski definition) is 3. The standard InChI is InChI=1S/C17H17N3O2/c1-20(11-13-4-2-3-5-16(13)21)17(22)19-14-6-7-15-12(10-14)8-9-18-15/h2-10,18,21H,11H2,1H3,(H,19,22). The Hall–Kier alpha value is -2.95. The molecule has 0 aliphatic rings. The minimum atomic E-state index is -0.224. The van der Waals surface area contributed by atoms with Crippen molar-refractivity contribution < 1.29 is 9.90 Å². The number of nitrogens with zero attached hydrogens (tertiary/aromatic N) is 1. The molecule has 1 aromatic heterocycles. The lowest BCUT2D eigenvalue weighted by Gasteiger charge is -2.18. The molecule has 0 unspecified atom stereocenters. The molecule has 5 nitrogen and oxygen atoms in total. The maximum absolute atomic E-state index is 12.2. The maximum Gasteiger partial charge on any atom is 0.321 e. The molecule has 0 saturated carbocycles. The van der Waals surface area contributed by atoms with E-state index < -0.39 is 0 Å². The van der Waals surface area contributed by atoms with Crippen LogP contribution in [0.2, 0.25) is 0 Å². The second-order valence-electron chi connectivity index (χ2n) is 5.19. The Morgan fingerprint density at radius 3 is 2.86 bits per heavy atom. The van der Waals surface area contributed by atoms with Gasteiger partial charge in [-0.05, 0) is 30.3 Å². The minimum absolute atomic E-state index is 0.191. The average Bonchev–Trinajstić information content (AvgIpc) is 2.97. The van der Waals surface area contributed by atoms with Gasteiger partial charge in [0, 0.05) is 35.4 Å². The molecule has 0 bridgehead atoms. The summed E-state index contributed by atoms with van der Waals surface area (Å²) in [6, 6.07) is 14.4. The average molecular weight is 295 g/mol. The quantitative estimate of drug-likeness (QED) is 0.692. The van der Waals surface area contributed by atoms with Crippen molar-refractivity contribution in [1.82, 2.24) is 9.88 Å². The van der Waals surface area contributed by atoms with Gasteiger partial charge in [-0.2, -0.15) is 0 Å². The summed E-state index contributed by atoms with van der Waals surface area (Å²) in [7, 11) is 1.69. The van der Waals surface area contributed by atoms with E-state index in [1.165, 1.54) is 4.90 Å². The first-order valence-electron chi connectivity index (χ1n) is 6.99. The highest BCUT2D eigenvalue weighted by atomic mass is 16.3. The van der Waals surface area contributed by atoms with E-state index >= 15 is 0 Å². The second kappa shape index (κ2) is 5.81. The number of amides is 2. The zero-order valence-corrected chi connectivity index (χ0v) is 12.2. The van der Waals surface area contributed by atoms with Gasteiger partial charge >= 0.3 is 6.03 Å². The van der Waals surface area contributed by atoms with Gasteiger partial charge in [-0.3, -0.25) is 0 Å². The van der Waals surface area contributed by atoms with E-state index in [0.717, 1.165) is 16.6 Å². The van der Waals surface area contributed by atoms with E-state index in [0.29, 0.717) is 12.1 Å². The summed E-state index contributed by atoms with van der Waals surface area (Å²) in [6.07, 6.45) is 1.86. The van der Waals surface area contributed by atoms with Crippen molar-refractivity contribution >= 4 is 22.6 Å². The van der Waals surface area contributed by atoms with Crippen molar-refractivity contribution in [3.63, 3.8) is 0 Å². The monoisotopic (exact) mass is 295 g/mol. The summed E-state index contributed by atoms with van der Waals surface area (Å²) >= 11 is 0. The largest absolute Gasteiger partial charge is 0.508 e. The number of H-pyrrole nitrogens is 1. The van der Waals surface area contributed by atoms with E-state index in [9.17, 15) is 9.90 Å². The third-order valence-corrected chi connectivity index (χ3v) is 3.55. The first-order valence-corrected chi connectivity index (χ1v) is 6.99. The Labute approximate surface area is 128 Å². The van der Waals surface area contributed by atoms with Gasteiger partial charge in [0.1, 0.15) is 5.75 Å². The van der Waals surface area contributed by atoms with E-state index in [4.69, 9.17) is 0 Å². The number of benzene rings is 2. The molecular formula is C17H17N3O2. The van der Waals surface area contributed by atoms with Crippen molar-refractivity contribution in [2.75, 3.05) is 12.4 Å². The molecule has 3 N–H and O–H groups in total. The van der Waals surface area contributed by atoms with Gasteiger partial charge in [-0.25, -0.2) is 4.79 Å². The van der Waals surface area contributed by atoms with Crippen LogP contribution in [0.5, 0.6) is 5.75 Å². The number of carbonyl (C=O) groups excluding carboxylic acids is 1. The molecule has 0 atom stereocenters. The molecular weight excluding hydrogens is 278 g/mol. The highest BCUT2D eigenvalue weighted by Gasteiger charge is 2.11. The molecule has 3 aromatic rings. The zero-order chi connectivity index (χ0) is 15.5. The number of hydrogen-bond acceptors (Lipinski definition) is 2. The van der Waals surface area contributed by atoms with E-state index in [1.807, 2.05) is 36.5 Å². The predicted molar refractivity (Wildman–Crippen MR) is 86.9 cm³/mol. The number of phenolic OH excluding ortho intramolecular Hbond substituents is 1. The SMILES string of the molecule is CN(Cc1ccccc1O)C(=O)Nc1ccc2[nH]ccc2c1. The van der Waals surface area contributed by atoms with Gasteiger partial charge in [0.05, 0.1) is 6.54 Å². The summed E-state index contributed by atoms with van der Waals surface area (Å²) in [4.78, 5) is 16.9. The van der Waals surface area contributed by atoms with E-state index in [2.05, 4.69) is 10.3 Å². The van der Waals surface area contributed by atoms with Crippen LogP contribution in [0.15, 0.2) is 54.7 Å². The molecule has 0 spiro atoms. The highest BCUT2D eigenvalue weighted by molar-refractivity contribution is 5.92. The van der Waals surface area contributed by atoms with Crippen LogP contribution >= 0.6 is 0 Å². The highest BCUT2D eigenvalue weighted by Crippen LogP contribution is 2.20.